The molecule has 0 radical (unpaired) electrons. The molecule has 0 N–H and O–H groups in total. The van der Waals surface area contributed by atoms with Gasteiger partial charge in [0, 0.05) is 6.61 Å². The molecule has 2 aliphatic carbocycles. The topological polar surface area (TPSA) is 43.5 Å². The van der Waals surface area contributed by atoms with Gasteiger partial charge in [-0.1, -0.05) is 13.8 Å². The highest BCUT2D eigenvalue weighted by atomic mass is 16.6. The molecule has 0 aromatic carbocycles. The van der Waals surface area contributed by atoms with Gasteiger partial charge in [0.05, 0.1) is 38.1 Å². The lowest BCUT2D eigenvalue weighted by atomic mass is 9.60. The van der Waals surface area contributed by atoms with E-state index in [1.54, 1.807) is 0 Å². The van der Waals surface area contributed by atoms with Crippen molar-refractivity contribution in [1.29, 1.82) is 0 Å². The van der Waals surface area contributed by atoms with E-state index in [9.17, 15) is 0 Å². The number of ether oxygens (including phenoxy) is 4. The molecule has 4 fully saturated rings. The van der Waals surface area contributed by atoms with Gasteiger partial charge in [-0.2, -0.15) is 0 Å². The van der Waals surface area contributed by atoms with Gasteiger partial charge in [-0.15, -0.1) is 0 Å². The van der Waals surface area contributed by atoms with Gasteiger partial charge in [-0.05, 0) is 75.0 Å². The molecule has 0 aromatic rings. The third kappa shape index (κ3) is 5.21. The van der Waals surface area contributed by atoms with Crippen LogP contribution in [-0.2, 0) is 18.9 Å². The summed E-state index contributed by atoms with van der Waals surface area (Å²) in [6.45, 7) is 8.63. The van der Waals surface area contributed by atoms with Crippen LogP contribution < -0.4 is 0 Å². The van der Waals surface area contributed by atoms with Crippen LogP contribution in [0.1, 0.15) is 71.6 Å². The average Bonchev–Trinajstić information content (AvgIpc) is 3.55. The summed E-state index contributed by atoms with van der Waals surface area (Å²) in [5, 5.41) is 0. The Morgan fingerprint density at radius 3 is 1.73 bits per heavy atom. The van der Waals surface area contributed by atoms with E-state index in [-0.39, 0.29) is 0 Å². The fourth-order valence-corrected chi connectivity index (χ4v) is 5.29. The molecule has 2 saturated heterocycles. The lowest BCUT2D eigenvalue weighted by molar-refractivity contribution is -0.0376. The Morgan fingerprint density at radius 1 is 0.731 bits per heavy atom. The molecule has 0 aromatic heterocycles. The van der Waals surface area contributed by atoms with Crippen LogP contribution in [0, 0.1) is 17.3 Å². The number of hydrogen-bond donors (Lipinski definition) is 0. The minimum atomic E-state index is 0.401. The van der Waals surface area contributed by atoms with Crippen molar-refractivity contribution < 1.29 is 18.9 Å². The van der Waals surface area contributed by atoms with Gasteiger partial charge in [-0.3, -0.25) is 0 Å². The first-order valence-electron chi connectivity index (χ1n) is 11.1. The summed E-state index contributed by atoms with van der Waals surface area (Å²) in [4.78, 5) is 0. The number of epoxide rings is 2. The molecular weight excluding hydrogens is 328 g/mol. The van der Waals surface area contributed by atoms with E-state index in [1.807, 2.05) is 0 Å². The Balaban J connectivity index is 1.16. The summed E-state index contributed by atoms with van der Waals surface area (Å²) < 4.78 is 22.7. The minimum absolute atomic E-state index is 0.401. The maximum Gasteiger partial charge on any atom is 0.104 e. The maximum atomic E-state index is 6.10. The van der Waals surface area contributed by atoms with Crippen LogP contribution in [0.3, 0.4) is 0 Å². The highest BCUT2D eigenvalue weighted by molar-refractivity contribution is 4.91. The third-order valence-electron chi connectivity index (χ3n) is 7.57. The second kappa shape index (κ2) is 8.46. The first-order chi connectivity index (χ1) is 12.6. The predicted octanol–water partition coefficient (Wildman–Crippen LogP) is 4.35. The van der Waals surface area contributed by atoms with E-state index in [1.165, 1.54) is 51.4 Å². The Morgan fingerprint density at radius 2 is 1.23 bits per heavy atom. The standard InChI is InChI=1S/C22H38O4/c1-22(2,17-5-9-19(10-6-17)24-14-21-15-26-21)16-3-7-18(8-4-16)23-12-11-20-13-25-20/h16-21H,3-15H2,1-2H3/t16-,17?,18+,19?,20-,21?/m0/s1. The van der Waals surface area contributed by atoms with Crippen molar-refractivity contribution in [3.8, 4) is 0 Å². The Bertz CT molecular complexity index is 427. The van der Waals surface area contributed by atoms with Crippen LogP contribution in [0.5, 0.6) is 0 Å². The number of rotatable bonds is 9. The summed E-state index contributed by atoms with van der Waals surface area (Å²) in [6.07, 6.45) is 13.3. The molecular formula is C22H38O4. The van der Waals surface area contributed by atoms with Crippen LogP contribution in [-0.4, -0.2) is 50.8 Å². The predicted molar refractivity (Wildman–Crippen MR) is 101 cm³/mol. The lowest BCUT2D eigenvalue weighted by Crippen LogP contribution is -2.39. The van der Waals surface area contributed by atoms with Crippen molar-refractivity contribution in [1.82, 2.24) is 0 Å². The summed E-state index contributed by atoms with van der Waals surface area (Å²) in [5.74, 6) is 1.71. The van der Waals surface area contributed by atoms with Gasteiger partial charge in [0.25, 0.3) is 0 Å². The van der Waals surface area contributed by atoms with E-state index < -0.39 is 0 Å². The molecule has 26 heavy (non-hydrogen) atoms. The normalized spacial score (nSPS) is 40.4. The van der Waals surface area contributed by atoms with E-state index in [0.717, 1.165) is 44.7 Å². The lowest BCUT2D eigenvalue weighted by Gasteiger charge is -2.46. The zero-order chi connectivity index (χ0) is 18.0. The van der Waals surface area contributed by atoms with Gasteiger partial charge < -0.3 is 18.9 Å². The second-order valence-corrected chi connectivity index (χ2v) is 9.67. The molecule has 0 amide bonds. The maximum absolute atomic E-state index is 6.10. The zero-order valence-corrected chi connectivity index (χ0v) is 16.8. The van der Waals surface area contributed by atoms with E-state index in [4.69, 9.17) is 18.9 Å². The summed E-state index contributed by atoms with van der Waals surface area (Å²) in [7, 11) is 0. The monoisotopic (exact) mass is 366 g/mol. The smallest absolute Gasteiger partial charge is 0.104 e. The molecule has 0 bridgehead atoms. The van der Waals surface area contributed by atoms with Crippen molar-refractivity contribution in [2.24, 2.45) is 17.3 Å². The molecule has 4 rings (SSSR count). The van der Waals surface area contributed by atoms with Crippen molar-refractivity contribution in [2.75, 3.05) is 26.4 Å². The van der Waals surface area contributed by atoms with E-state index in [2.05, 4.69) is 13.8 Å². The number of hydrogen-bond acceptors (Lipinski definition) is 4. The van der Waals surface area contributed by atoms with Gasteiger partial charge in [-0.25, -0.2) is 0 Å². The second-order valence-electron chi connectivity index (χ2n) is 9.67. The average molecular weight is 367 g/mol. The molecule has 2 heterocycles. The fraction of sp³-hybridized carbons (Fsp3) is 1.00. The van der Waals surface area contributed by atoms with Gasteiger partial charge in [0.15, 0.2) is 0 Å². The first-order valence-corrected chi connectivity index (χ1v) is 11.1. The molecule has 2 aliphatic heterocycles. The summed E-state index contributed by atoms with van der Waals surface area (Å²) in [6, 6.07) is 0. The van der Waals surface area contributed by atoms with Crippen LogP contribution in [0.2, 0.25) is 0 Å². The van der Waals surface area contributed by atoms with E-state index >= 15 is 0 Å². The Kier molecular flexibility index (Phi) is 6.24. The molecule has 4 heteroatoms. The van der Waals surface area contributed by atoms with Crippen molar-refractivity contribution in [2.45, 2.75) is 96.1 Å². The minimum Gasteiger partial charge on any atom is -0.378 e. The largest absolute Gasteiger partial charge is 0.378 e. The van der Waals surface area contributed by atoms with Crippen LogP contribution >= 0.6 is 0 Å². The van der Waals surface area contributed by atoms with Gasteiger partial charge in [0.2, 0.25) is 0 Å². The van der Waals surface area contributed by atoms with Crippen molar-refractivity contribution in [3.63, 3.8) is 0 Å². The quantitative estimate of drug-likeness (QED) is 0.569. The van der Waals surface area contributed by atoms with Crippen LogP contribution in [0.15, 0.2) is 0 Å². The van der Waals surface area contributed by atoms with Crippen molar-refractivity contribution >= 4 is 0 Å². The van der Waals surface area contributed by atoms with Crippen LogP contribution in [0.25, 0.3) is 0 Å². The zero-order valence-electron chi connectivity index (χ0n) is 16.8. The summed E-state index contributed by atoms with van der Waals surface area (Å²) in [5.41, 5.74) is 0.456. The highest BCUT2D eigenvalue weighted by Crippen LogP contribution is 2.48. The molecule has 150 valence electrons. The molecule has 4 nitrogen and oxygen atoms in total. The van der Waals surface area contributed by atoms with E-state index in [0.29, 0.717) is 29.8 Å². The SMILES string of the molecule is CC(C)(C1CCC(OCC2CO2)CC1)[C@H]1CC[C@@H](OCC[C@H]2CO2)CC1. The Hall–Kier alpha value is -0.160. The third-order valence-corrected chi connectivity index (χ3v) is 7.57. The fourth-order valence-electron chi connectivity index (χ4n) is 5.29. The molecule has 2 atom stereocenters. The summed E-state index contributed by atoms with van der Waals surface area (Å²) >= 11 is 0. The highest BCUT2D eigenvalue weighted by Gasteiger charge is 2.41. The van der Waals surface area contributed by atoms with Gasteiger partial charge in [0.1, 0.15) is 6.10 Å². The molecule has 0 spiro atoms. The van der Waals surface area contributed by atoms with Crippen molar-refractivity contribution in [3.05, 3.63) is 0 Å². The Labute approximate surface area is 159 Å². The van der Waals surface area contributed by atoms with Crippen LogP contribution in [0.4, 0.5) is 0 Å². The molecule has 1 unspecified atom stereocenters. The van der Waals surface area contributed by atoms with Gasteiger partial charge >= 0.3 is 0 Å². The molecule has 2 saturated carbocycles. The molecule has 4 aliphatic rings. The first kappa shape index (κ1) is 19.2.